The van der Waals surface area contributed by atoms with Crippen LogP contribution in [0.3, 0.4) is 0 Å². The lowest BCUT2D eigenvalue weighted by atomic mass is 10.1. The fourth-order valence-corrected chi connectivity index (χ4v) is 3.28. The van der Waals surface area contributed by atoms with Crippen LogP contribution in [-0.4, -0.2) is 49.4 Å². The molecule has 22 heavy (non-hydrogen) atoms. The second kappa shape index (κ2) is 6.08. The van der Waals surface area contributed by atoms with Crippen LogP contribution >= 0.6 is 0 Å². The highest BCUT2D eigenvalue weighted by Gasteiger charge is 2.37. The van der Waals surface area contributed by atoms with Gasteiger partial charge in [0.15, 0.2) is 0 Å². The van der Waals surface area contributed by atoms with Crippen molar-refractivity contribution < 1.29 is 9.59 Å². The van der Waals surface area contributed by atoms with Crippen LogP contribution in [0.1, 0.15) is 17.5 Å². The molecule has 0 bridgehead atoms. The zero-order chi connectivity index (χ0) is 15.7. The molecule has 0 aromatic heterocycles. The summed E-state index contributed by atoms with van der Waals surface area (Å²) in [6.07, 6.45) is 0.330. The minimum absolute atomic E-state index is 0.0576. The van der Waals surface area contributed by atoms with Gasteiger partial charge in [-0.3, -0.25) is 9.59 Å². The van der Waals surface area contributed by atoms with Gasteiger partial charge in [-0.2, -0.15) is 0 Å². The Bertz CT molecular complexity index is 594. The third-order valence-electron chi connectivity index (χ3n) is 4.77. The molecule has 5 nitrogen and oxygen atoms in total. The van der Waals surface area contributed by atoms with E-state index in [-0.39, 0.29) is 17.7 Å². The summed E-state index contributed by atoms with van der Waals surface area (Å²) in [6, 6.07) is 5.98. The lowest BCUT2D eigenvalue weighted by Crippen LogP contribution is -2.48. The van der Waals surface area contributed by atoms with Gasteiger partial charge in [0.05, 0.1) is 5.92 Å². The number of aryl methyl sites for hydroxylation is 1. The zero-order valence-electron chi connectivity index (χ0n) is 13.3. The van der Waals surface area contributed by atoms with E-state index in [2.05, 4.69) is 5.32 Å². The maximum atomic E-state index is 12.6. The van der Waals surface area contributed by atoms with Crippen molar-refractivity contribution in [2.24, 2.45) is 5.92 Å². The van der Waals surface area contributed by atoms with Crippen molar-refractivity contribution in [2.45, 2.75) is 20.3 Å². The average Bonchev–Trinajstić information content (AvgIpc) is 2.92. The molecule has 2 heterocycles. The maximum Gasteiger partial charge on any atom is 0.228 e. The van der Waals surface area contributed by atoms with Crippen molar-refractivity contribution in [2.75, 3.05) is 37.6 Å². The first kappa shape index (κ1) is 15.0. The lowest BCUT2D eigenvalue weighted by Gasteiger charge is -2.29. The van der Waals surface area contributed by atoms with Crippen molar-refractivity contribution in [3.63, 3.8) is 0 Å². The Morgan fingerprint density at radius 1 is 1.23 bits per heavy atom. The molecule has 2 aliphatic rings. The molecule has 0 aliphatic carbocycles. The monoisotopic (exact) mass is 301 g/mol. The fourth-order valence-electron chi connectivity index (χ4n) is 3.28. The standard InChI is InChI=1S/C17H23N3O2/c1-12-4-3-5-15(13(12)2)20-11-14(10-16(20)21)17(22)19-8-6-18-7-9-19/h3-5,14,18H,6-11H2,1-2H3. The minimum Gasteiger partial charge on any atom is -0.340 e. The molecular weight excluding hydrogens is 278 g/mol. The van der Waals surface area contributed by atoms with E-state index in [1.54, 1.807) is 4.90 Å². The maximum absolute atomic E-state index is 12.6. The predicted octanol–water partition coefficient (Wildman–Crippen LogP) is 1.09. The summed E-state index contributed by atoms with van der Waals surface area (Å²) >= 11 is 0. The summed E-state index contributed by atoms with van der Waals surface area (Å²) in [4.78, 5) is 28.6. The molecule has 5 heteroatoms. The molecule has 2 saturated heterocycles. The van der Waals surface area contributed by atoms with Crippen molar-refractivity contribution in [3.8, 4) is 0 Å². The molecule has 1 unspecified atom stereocenters. The van der Waals surface area contributed by atoms with Crippen LogP contribution in [0.5, 0.6) is 0 Å². The number of hydrogen-bond acceptors (Lipinski definition) is 3. The molecule has 3 rings (SSSR count). The Kier molecular flexibility index (Phi) is 4.16. The van der Waals surface area contributed by atoms with Gasteiger partial charge in [0.1, 0.15) is 0 Å². The van der Waals surface area contributed by atoms with Crippen molar-refractivity contribution in [3.05, 3.63) is 29.3 Å². The van der Waals surface area contributed by atoms with E-state index < -0.39 is 0 Å². The first-order valence-corrected chi connectivity index (χ1v) is 7.94. The zero-order valence-corrected chi connectivity index (χ0v) is 13.3. The molecule has 0 spiro atoms. The van der Waals surface area contributed by atoms with Gasteiger partial charge < -0.3 is 15.1 Å². The van der Waals surface area contributed by atoms with Crippen molar-refractivity contribution >= 4 is 17.5 Å². The topological polar surface area (TPSA) is 52.7 Å². The number of carbonyl (C=O) groups excluding carboxylic acids is 2. The third kappa shape index (κ3) is 2.73. The van der Waals surface area contributed by atoms with Crippen LogP contribution in [0.2, 0.25) is 0 Å². The molecule has 0 saturated carbocycles. The molecule has 1 atom stereocenters. The first-order chi connectivity index (χ1) is 10.6. The molecule has 2 amide bonds. The SMILES string of the molecule is Cc1cccc(N2CC(C(=O)N3CCNCC3)CC2=O)c1C. The number of amides is 2. The highest BCUT2D eigenvalue weighted by Crippen LogP contribution is 2.30. The number of piperazine rings is 1. The second-order valence-corrected chi connectivity index (χ2v) is 6.20. The number of nitrogens with one attached hydrogen (secondary N) is 1. The van der Waals surface area contributed by atoms with Crippen LogP contribution in [0, 0.1) is 19.8 Å². The van der Waals surface area contributed by atoms with Gasteiger partial charge in [-0.1, -0.05) is 12.1 Å². The number of hydrogen-bond donors (Lipinski definition) is 1. The molecule has 2 aliphatic heterocycles. The van der Waals surface area contributed by atoms with Crippen molar-refractivity contribution in [1.29, 1.82) is 0 Å². The normalized spacial score (nSPS) is 22.3. The fraction of sp³-hybridized carbons (Fsp3) is 0.529. The van der Waals surface area contributed by atoms with E-state index in [0.29, 0.717) is 13.0 Å². The number of rotatable bonds is 2. The summed E-state index contributed by atoms with van der Waals surface area (Å²) in [5, 5.41) is 3.25. The molecular formula is C17H23N3O2. The first-order valence-electron chi connectivity index (χ1n) is 7.94. The van der Waals surface area contributed by atoms with Crippen LogP contribution in [0.4, 0.5) is 5.69 Å². The van der Waals surface area contributed by atoms with E-state index >= 15 is 0 Å². The average molecular weight is 301 g/mol. The summed E-state index contributed by atoms with van der Waals surface area (Å²) in [5.41, 5.74) is 3.23. The van der Waals surface area contributed by atoms with E-state index in [1.807, 2.05) is 36.9 Å². The molecule has 1 N–H and O–H groups in total. The predicted molar refractivity (Wildman–Crippen MR) is 85.8 cm³/mol. The number of nitrogens with zero attached hydrogens (tertiary/aromatic N) is 2. The van der Waals surface area contributed by atoms with Gasteiger partial charge in [0.2, 0.25) is 11.8 Å². The van der Waals surface area contributed by atoms with Gasteiger partial charge in [-0.15, -0.1) is 0 Å². The Morgan fingerprint density at radius 2 is 1.95 bits per heavy atom. The lowest BCUT2D eigenvalue weighted by molar-refractivity contribution is -0.136. The van der Waals surface area contributed by atoms with Crippen LogP contribution in [-0.2, 0) is 9.59 Å². The Labute approximate surface area is 131 Å². The summed E-state index contributed by atoms with van der Waals surface area (Å²) < 4.78 is 0. The minimum atomic E-state index is -0.203. The molecule has 0 radical (unpaired) electrons. The summed E-state index contributed by atoms with van der Waals surface area (Å²) in [7, 11) is 0. The Hall–Kier alpha value is -1.88. The quantitative estimate of drug-likeness (QED) is 0.889. The van der Waals surface area contributed by atoms with Gasteiger partial charge >= 0.3 is 0 Å². The smallest absolute Gasteiger partial charge is 0.228 e. The largest absolute Gasteiger partial charge is 0.340 e. The van der Waals surface area contributed by atoms with Crippen LogP contribution < -0.4 is 10.2 Å². The Balaban J connectivity index is 1.75. The van der Waals surface area contributed by atoms with Gasteiger partial charge in [-0.05, 0) is 31.0 Å². The van der Waals surface area contributed by atoms with Gasteiger partial charge in [-0.25, -0.2) is 0 Å². The summed E-state index contributed by atoms with van der Waals surface area (Å²) in [6.45, 7) is 7.75. The van der Waals surface area contributed by atoms with E-state index in [4.69, 9.17) is 0 Å². The van der Waals surface area contributed by atoms with Crippen LogP contribution in [0.15, 0.2) is 18.2 Å². The molecule has 1 aromatic carbocycles. The van der Waals surface area contributed by atoms with E-state index in [0.717, 1.165) is 37.4 Å². The Morgan fingerprint density at radius 3 is 2.68 bits per heavy atom. The molecule has 1 aromatic rings. The molecule has 2 fully saturated rings. The van der Waals surface area contributed by atoms with Gasteiger partial charge in [0.25, 0.3) is 0 Å². The van der Waals surface area contributed by atoms with Crippen LogP contribution in [0.25, 0.3) is 0 Å². The van der Waals surface area contributed by atoms with Gasteiger partial charge in [0, 0.05) is 44.8 Å². The second-order valence-electron chi connectivity index (χ2n) is 6.20. The molecule has 118 valence electrons. The third-order valence-corrected chi connectivity index (χ3v) is 4.77. The highest BCUT2D eigenvalue weighted by molar-refractivity contribution is 6.00. The number of carbonyl (C=O) groups is 2. The van der Waals surface area contributed by atoms with Crippen molar-refractivity contribution in [1.82, 2.24) is 10.2 Å². The summed E-state index contributed by atoms with van der Waals surface area (Å²) in [5.74, 6) is -0.0182. The number of anilines is 1. The number of benzene rings is 1. The highest BCUT2D eigenvalue weighted by atomic mass is 16.2. The van der Waals surface area contributed by atoms with E-state index in [9.17, 15) is 9.59 Å². The van der Waals surface area contributed by atoms with E-state index in [1.165, 1.54) is 5.56 Å².